The predicted octanol–water partition coefficient (Wildman–Crippen LogP) is 1.33. The third kappa shape index (κ3) is 2.65. The second-order valence-corrected chi connectivity index (χ2v) is 4.22. The molecule has 0 aliphatic heterocycles. The van der Waals surface area contributed by atoms with E-state index >= 15 is 0 Å². The van der Waals surface area contributed by atoms with Gasteiger partial charge in [-0.2, -0.15) is 0 Å². The Hall–Kier alpha value is -1.16. The van der Waals surface area contributed by atoms with E-state index in [1.807, 2.05) is 6.07 Å². The maximum atomic E-state index is 5.73. The van der Waals surface area contributed by atoms with Crippen molar-refractivity contribution in [2.75, 3.05) is 5.32 Å². The van der Waals surface area contributed by atoms with Crippen LogP contribution in [0.25, 0.3) is 0 Å². The SMILES string of the molecule is CCCc1cc(NC2CC(N)C2)ncn1. The average molecular weight is 206 g/mol. The summed E-state index contributed by atoms with van der Waals surface area (Å²) in [5.41, 5.74) is 6.84. The van der Waals surface area contributed by atoms with Gasteiger partial charge in [0, 0.05) is 23.8 Å². The van der Waals surface area contributed by atoms with Crippen molar-refractivity contribution >= 4 is 5.82 Å². The highest BCUT2D eigenvalue weighted by Gasteiger charge is 2.25. The van der Waals surface area contributed by atoms with Crippen LogP contribution in [0, 0.1) is 0 Å². The summed E-state index contributed by atoms with van der Waals surface area (Å²) >= 11 is 0. The molecule has 0 aromatic carbocycles. The quantitative estimate of drug-likeness (QED) is 0.780. The molecule has 1 saturated carbocycles. The van der Waals surface area contributed by atoms with Gasteiger partial charge in [0.2, 0.25) is 0 Å². The van der Waals surface area contributed by atoms with Crippen molar-refractivity contribution < 1.29 is 0 Å². The first-order valence-electron chi connectivity index (χ1n) is 5.61. The molecular weight excluding hydrogens is 188 g/mol. The van der Waals surface area contributed by atoms with E-state index in [0.29, 0.717) is 12.1 Å². The fourth-order valence-corrected chi connectivity index (χ4v) is 1.86. The third-order valence-electron chi connectivity index (χ3n) is 2.76. The van der Waals surface area contributed by atoms with Gasteiger partial charge in [0.25, 0.3) is 0 Å². The van der Waals surface area contributed by atoms with Crippen molar-refractivity contribution in [1.29, 1.82) is 0 Å². The normalized spacial score (nSPS) is 24.7. The molecule has 0 unspecified atom stereocenters. The predicted molar refractivity (Wildman–Crippen MR) is 60.6 cm³/mol. The highest BCUT2D eigenvalue weighted by atomic mass is 15.1. The van der Waals surface area contributed by atoms with E-state index in [2.05, 4.69) is 22.2 Å². The zero-order valence-electron chi connectivity index (χ0n) is 9.11. The first kappa shape index (κ1) is 10.4. The Labute approximate surface area is 90.3 Å². The Kier molecular flexibility index (Phi) is 3.16. The first-order valence-corrected chi connectivity index (χ1v) is 5.61. The van der Waals surface area contributed by atoms with E-state index < -0.39 is 0 Å². The van der Waals surface area contributed by atoms with Crippen LogP contribution in [0.1, 0.15) is 31.9 Å². The lowest BCUT2D eigenvalue weighted by atomic mass is 9.88. The Morgan fingerprint density at radius 3 is 2.93 bits per heavy atom. The molecular formula is C11H18N4. The fourth-order valence-electron chi connectivity index (χ4n) is 1.86. The summed E-state index contributed by atoms with van der Waals surface area (Å²) in [6.07, 6.45) is 5.86. The molecule has 1 aromatic rings. The monoisotopic (exact) mass is 206 g/mol. The minimum Gasteiger partial charge on any atom is -0.367 e. The van der Waals surface area contributed by atoms with Gasteiger partial charge < -0.3 is 11.1 Å². The average Bonchev–Trinajstić information content (AvgIpc) is 2.17. The Balaban J connectivity index is 1.93. The van der Waals surface area contributed by atoms with E-state index in [-0.39, 0.29) is 0 Å². The summed E-state index contributed by atoms with van der Waals surface area (Å²) in [4.78, 5) is 8.42. The molecule has 1 fully saturated rings. The van der Waals surface area contributed by atoms with Crippen LogP contribution < -0.4 is 11.1 Å². The Morgan fingerprint density at radius 2 is 2.27 bits per heavy atom. The van der Waals surface area contributed by atoms with Crippen LogP contribution in [0.15, 0.2) is 12.4 Å². The molecule has 0 amide bonds. The van der Waals surface area contributed by atoms with Gasteiger partial charge in [0.1, 0.15) is 12.1 Å². The van der Waals surface area contributed by atoms with Gasteiger partial charge >= 0.3 is 0 Å². The highest BCUT2D eigenvalue weighted by Crippen LogP contribution is 2.21. The lowest BCUT2D eigenvalue weighted by Crippen LogP contribution is -2.44. The van der Waals surface area contributed by atoms with Gasteiger partial charge in [-0.25, -0.2) is 9.97 Å². The van der Waals surface area contributed by atoms with Gasteiger partial charge in [-0.3, -0.25) is 0 Å². The number of nitrogens with zero attached hydrogens (tertiary/aromatic N) is 2. The van der Waals surface area contributed by atoms with Crippen LogP contribution in [-0.2, 0) is 6.42 Å². The van der Waals surface area contributed by atoms with Gasteiger partial charge in [-0.05, 0) is 19.3 Å². The summed E-state index contributed by atoms with van der Waals surface area (Å²) in [7, 11) is 0. The number of nitrogens with two attached hydrogens (primary N) is 1. The summed E-state index contributed by atoms with van der Waals surface area (Å²) < 4.78 is 0. The molecule has 0 saturated heterocycles. The summed E-state index contributed by atoms with van der Waals surface area (Å²) in [5, 5.41) is 3.38. The number of nitrogens with one attached hydrogen (secondary N) is 1. The molecule has 0 bridgehead atoms. The van der Waals surface area contributed by atoms with E-state index in [1.165, 1.54) is 0 Å². The topological polar surface area (TPSA) is 63.8 Å². The lowest BCUT2D eigenvalue weighted by Gasteiger charge is -2.33. The van der Waals surface area contributed by atoms with Gasteiger partial charge in [0.05, 0.1) is 0 Å². The van der Waals surface area contributed by atoms with Crippen molar-refractivity contribution in [2.45, 2.75) is 44.7 Å². The van der Waals surface area contributed by atoms with Gasteiger partial charge in [0.15, 0.2) is 0 Å². The summed E-state index contributed by atoms with van der Waals surface area (Å²) in [5.74, 6) is 0.936. The Morgan fingerprint density at radius 1 is 1.47 bits per heavy atom. The van der Waals surface area contributed by atoms with Crippen molar-refractivity contribution in [3.63, 3.8) is 0 Å². The molecule has 15 heavy (non-hydrogen) atoms. The van der Waals surface area contributed by atoms with Crippen molar-refractivity contribution in [3.8, 4) is 0 Å². The molecule has 0 atom stereocenters. The molecule has 0 radical (unpaired) electrons. The maximum absolute atomic E-state index is 5.73. The number of aryl methyl sites for hydroxylation is 1. The number of rotatable bonds is 4. The molecule has 82 valence electrons. The second-order valence-electron chi connectivity index (χ2n) is 4.22. The van der Waals surface area contributed by atoms with Crippen LogP contribution in [0.4, 0.5) is 5.82 Å². The van der Waals surface area contributed by atoms with Crippen LogP contribution >= 0.6 is 0 Å². The number of hydrogen-bond donors (Lipinski definition) is 2. The molecule has 1 aromatic heterocycles. The van der Waals surface area contributed by atoms with Crippen molar-refractivity contribution in [1.82, 2.24) is 9.97 Å². The van der Waals surface area contributed by atoms with E-state index in [4.69, 9.17) is 5.73 Å². The van der Waals surface area contributed by atoms with Crippen molar-refractivity contribution in [3.05, 3.63) is 18.1 Å². The van der Waals surface area contributed by atoms with Crippen molar-refractivity contribution in [2.24, 2.45) is 5.73 Å². The zero-order chi connectivity index (χ0) is 10.7. The number of anilines is 1. The molecule has 1 aliphatic rings. The lowest BCUT2D eigenvalue weighted by molar-refractivity contribution is 0.373. The molecule has 3 N–H and O–H groups in total. The molecule has 4 heteroatoms. The van der Waals surface area contributed by atoms with Crippen LogP contribution in [0.5, 0.6) is 0 Å². The van der Waals surface area contributed by atoms with E-state index in [0.717, 1.165) is 37.2 Å². The highest BCUT2D eigenvalue weighted by molar-refractivity contribution is 5.37. The minimum atomic E-state index is 0.374. The largest absolute Gasteiger partial charge is 0.367 e. The standard InChI is InChI=1S/C11H18N4/c1-2-3-9-6-11(14-7-13-9)15-10-4-8(12)5-10/h6-8,10H,2-5,12H2,1H3,(H,13,14,15). The fraction of sp³-hybridized carbons (Fsp3) is 0.636. The first-order chi connectivity index (χ1) is 7.28. The van der Waals surface area contributed by atoms with E-state index in [9.17, 15) is 0 Å². The van der Waals surface area contributed by atoms with Crippen LogP contribution in [-0.4, -0.2) is 22.1 Å². The number of hydrogen-bond acceptors (Lipinski definition) is 4. The maximum Gasteiger partial charge on any atom is 0.129 e. The molecule has 4 nitrogen and oxygen atoms in total. The number of aromatic nitrogens is 2. The molecule has 0 spiro atoms. The van der Waals surface area contributed by atoms with Crippen LogP contribution in [0.2, 0.25) is 0 Å². The second kappa shape index (κ2) is 4.57. The molecule has 1 heterocycles. The Bertz CT molecular complexity index is 320. The minimum absolute atomic E-state index is 0.374. The smallest absolute Gasteiger partial charge is 0.129 e. The molecule has 1 aliphatic carbocycles. The van der Waals surface area contributed by atoms with E-state index in [1.54, 1.807) is 6.33 Å². The van der Waals surface area contributed by atoms with Gasteiger partial charge in [-0.1, -0.05) is 13.3 Å². The third-order valence-corrected chi connectivity index (χ3v) is 2.76. The summed E-state index contributed by atoms with van der Waals surface area (Å²) in [6.45, 7) is 2.15. The van der Waals surface area contributed by atoms with Gasteiger partial charge in [-0.15, -0.1) is 0 Å². The van der Waals surface area contributed by atoms with Crippen LogP contribution in [0.3, 0.4) is 0 Å². The molecule has 2 rings (SSSR count). The zero-order valence-corrected chi connectivity index (χ0v) is 9.11. The summed E-state index contributed by atoms with van der Waals surface area (Å²) in [6, 6.07) is 2.91.